The van der Waals surface area contributed by atoms with E-state index >= 15 is 0 Å². The summed E-state index contributed by atoms with van der Waals surface area (Å²) in [5.41, 5.74) is 3.96. The Kier molecular flexibility index (Phi) is 3.22. The third-order valence-corrected chi connectivity index (χ3v) is 4.62. The molecule has 2 unspecified atom stereocenters. The number of hydrogen-bond donors (Lipinski definition) is 1. The van der Waals surface area contributed by atoms with E-state index in [1.54, 1.807) is 0 Å². The molecular formula is C16H25NO2. The third kappa shape index (κ3) is 2.34. The zero-order chi connectivity index (χ0) is 13.6. The van der Waals surface area contributed by atoms with Gasteiger partial charge in [-0.3, -0.25) is 0 Å². The minimum Gasteiger partial charge on any atom is -0.388 e. The van der Waals surface area contributed by atoms with Gasteiger partial charge >= 0.3 is 0 Å². The van der Waals surface area contributed by atoms with Crippen molar-refractivity contribution >= 4 is 0 Å². The van der Waals surface area contributed by atoms with Crippen molar-refractivity contribution < 1.29 is 9.84 Å². The van der Waals surface area contributed by atoms with E-state index in [0.29, 0.717) is 6.04 Å². The van der Waals surface area contributed by atoms with Crippen LogP contribution in [0.1, 0.15) is 62.2 Å². The predicted octanol–water partition coefficient (Wildman–Crippen LogP) is 3.15. The molecule has 106 valence electrons. The number of hydrogen-bond acceptors (Lipinski definition) is 2. The maximum absolute atomic E-state index is 10.4. The Morgan fingerprint density at radius 1 is 1.42 bits per heavy atom. The van der Waals surface area contributed by atoms with Gasteiger partial charge in [-0.2, -0.15) is 0 Å². The van der Waals surface area contributed by atoms with Gasteiger partial charge in [-0.1, -0.05) is 13.8 Å². The van der Waals surface area contributed by atoms with E-state index in [4.69, 9.17) is 4.74 Å². The number of aromatic nitrogens is 1. The molecule has 0 saturated carbocycles. The average Bonchev–Trinajstić information content (AvgIpc) is 2.65. The number of aliphatic hydroxyl groups is 1. The van der Waals surface area contributed by atoms with Gasteiger partial charge < -0.3 is 14.4 Å². The molecule has 2 heterocycles. The zero-order valence-corrected chi connectivity index (χ0v) is 12.3. The van der Waals surface area contributed by atoms with Gasteiger partial charge in [0.1, 0.15) is 0 Å². The summed E-state index contributed by atoms with van der Waals surface area (Å²) in [5, 5.41) is 10.4. The van der Waals surface area contributed by atoms with E-state index in [9.17, 15) is 5.11 Å². The van der Waals surface area contributed by atoms with Gasteiger partial charge in [-0.25, -0.2) is 0 Å². The van der Waals surface area contributed by atoms with Gasteiger partial charge in [0.2, 0.25) is 0 Å². The van der Waals surface area contributed by atoms with Crippen molar-refractivity contribution in [2.45, 2.75) is 58.6 Å². The second kappa shape index (κ2) is 4.64. The topological polar surface area (TPSA) is 34.4 Å². The van der Waals surface area contributed by atoms with Crippen molar-refractivity contribution in [2.24, 2.45) is 5.41 Å². The molecule has 3 nitrogen and oxygen atoms in total. The SMILES string of the molecule is Cc1cc2c(n1C1CCCOC1)CC(C)(C)CC2O. The van der Waals surface area contributed by atoms with Crippen LogP contribution in [0.4, 0.5) is 0 Å². The van der Waals surface area contributed by atoms with Crippen molar-refractivity contribution in [3.05, 3.63) is 23.0 Å². The van der Waals surface area contributed by atoms with Gasteiger partial charge in [-0.05, 0) is 44.1 Å². The van der Waals surface area contributed by atoms with Crippen molar-refractivity contribution in [1.82, 2.24) is 4.57 Å². The minimum atomic E-state index is -0.303. The van der Waals surface area contributed by atoms with Crippen LogP contribution in [0.5, 0.6) is 0 Å². The predicted molar refractivity (Wildman–Crippen MR) is 75.3 cm³/mol. The number of nitrogens with zero attached hydrogens (tertiary/aromatic N) is 1. The molecule has 1 N–H and O–H groups in total. The van der Waals surface area contributed by atoms with E-state index in [-0.39, 0.29) is 11.5 Å². The number of ether oxygens (including phenoxy) is 1. The van der Waals surface area contributed by atoms with E-state index in [0.717, 1.165) is 38.0 Å². The van der Waals surface area contributed by atoms with Crippen LogP contribution < -0.4 is 0 Å². The highest BCUT2D eigenvalue weighted by molar-refractivity contribution is 5.34. The highest BCUT2D eigenvalue weighted by atomic mass is 16.5. The number of aliphatic hydroxyl groups excluding tert-OH is 1. The Morgan fingerprint density at radius 2 is 2.21 bits per heavy atom. The van der Waals surface area contributed by atoms with Gasteiger partial charge in [-0.15, -0.1) is 0 Å². The first-order valence-corrected chi connectivity index (χ1v) is 7.44. The molecule has 2 aliphatic rings. The molecular weight excluding hydrogens is 238 g/mol. The minimum absolute atomic E-state index is 0.185. The van der Waals surface area contributed by atoms with Crippen molar-refractivity contribution in [1.29, 1.82) is 0 Å². The molecule has 0 spiro atoms. The zero-order valence-electron chi connectivity index (χ0n) is 12.3. The van der Waals surface area contributed by atoms with Crippen LogP contribution in [0.2, 0.25) is 0 Å². The van der Waals surface area contributed by atoms with Crippen LogP contribution >= 0.6 is 0 Å². The van der Waals surface area contributed by atoms with Crippen LogP contribution in [0.25, 0.3) is 0 Å². The Morgan fingerprint density at radius 3 is 2.89 bits per heavy atom. The Hall–Kier alpha value is -0.800. The van der Waals surface area contributed by atoms with Crippen LogP contribution in [0.3, 0.4) is 0 Å². The van der Waals surface area contributed by atoms with E-state index in [2.05, 4.69) is 31.4 Å². The summed E-state index contributed by atoms with van der Waals surface area (Å²) >= 11 is 0. The molecule has 1 aromatic heterocycles. The fourth-order valence-electron chi connectivity index (χ4n) is 3.80. The Bertz CT molecular complexity index is 469. The molecule has 2 atom stereocenters. The second-order valence-corrected chi connectivity index (χ2v) is 6.99. The molecule has 0 radical (unpaired) electrons. The van der Waals surface area contributed by atoms with Crippen molar-refractivity contribution in [2.75, 3.05) is 13.2 Å². The van der Waals surface area contributed by atoms with Gasteiger partial charge in [0, 0.05) is 23.6 Å². The molecule has 1 saturated heterocycles. The van der Waals surface area contributed by atoms with Crippen LogP contribution in [0, 0.1) is 12.3 Å². The third-order valence-electron chi connectivity index (χ3n) is 4.62. The first-order chi connectivity index (χ1) is 8.98. The first-order valence-electron chi connectivity index (χ1n) is 7.44. The highest BCUT2D eigenvalue weighted by Gasteiger charge is 2.35. The summed E-state index contributed by atoms with van der Waals surface area (Å²) in [6.07, 6.45) is 3.96. The number of aryl methyl sites for hydroxylation is 1. The average molecular weight is 263 g/mol. The van der Waals surface area contributed by atoms with Crippen molar-refractivity contribution in [3.63, 3.8) is 0 Å². The first kappa shape index (κ1) is 13.2. The van der Waals surface area contributed by atoms with E-state index < -0.39 is 0 Å². The summed E-state index contributed by atoms with van der Waals surface area (Å²) in [7, 11) is 0. The molecule has 3 rings (SSSR count). The maximum atomic E-state index is 10.4. The van der Waals surface area contributed by atoms with E-state index in [1.165, 1.54) is 17.8 Å². The lowest BCUT2D eigenvalue weighted by Gasteiger charge is -2.36. The number of rotatable bonds is 1. The van der Waals surface area contributed by atoms with Gasteiger partial charge in [0.05, 0.1) is 18.8 Å². The molecule has 0 bridgehead atoms. The number of fused-ring (bicyclic) bond motifs is 1. The maximum Gasteiger partial charge on any atom is 0.0812 e. The quantitative estimate of drug-likeness (QED) is 0.844. The molecule has 0 aromatic carbocycles. The Labute approximate surface area is 115 Å². The lowest BCUT2D eigenvalue weighted by atomic mass is 9.75. The van der Waals surface area contributed by atoms with Gasteiger partial charge in [0.25, 0.3) is 0 Å². The molecule has 1 aromatic rings. The van der Waals surface area contributed by atoms with Gasteiger partial charge in [0.15, 0.2) is 0 Å². The summed E-state index contributed by atoms with van der Waals surface area (Å²) in [4.78, 5) is 0. The Balaban J connectivity index is 2.01. The molecule has 1 aliphatic carbocycles. The largest absolute Gasteiger partial charge is 0.388 e. The molecule has 0 amide bonds. The normalized spacial score (nSPS) is 30.1. The fraction of sp³-hybridized carbons (Fsp3) is 0.750. The second-order valence-electron chi connectivity index (χ2n) is 6.99. The lowest BCUT2D eigenvalue weighted by Crippen LogP contribution is -2.30. The van der Waals surface area contributed by atoms with Crippen LogP contribution in [-0.2, 0) is 11.2 Å². The summed E-state index contributed by atoms with van der Waals surface area (Å²) in [5.74, 6) is 0. The monoisotopic (exact) mass is 263 g/mol. The standard InChI is InChI=1S/C16H25NO2/c1-11-7-13-14(8-16(2,3)9-15(13)18)17(11)12-5-4-6-19-10-12/h7,12,15,18H,4-6,8-10H2,1-3H3. The molecule has 1 aliphatic heterocycles. The smallest absolute Gasteiger partial charge is 0.0812 e. The summed E-state index contributed by atoms with van der Waals surface area (Å²) < 4.78 is 8.09. The lowest BCUT2D eigenvalue weighted by molar-refractivity contribution is 0.0543. The van der Waals surface area contributed by atoms with Crippen LogP contribution in [0.15, 0.2) is 6.07 Å². The molecule has 19 heavy (non-hydrogen) atoms. The van der Waals surface area contributed by atoms with Crippen molar-refractivity contribution in [3.8, 4) is 0 Å². The molecule has 3 heteroatoms. The van der Waals surface area contributed by atoms with E-state index in [1.807, 2.05) is 0 Å². The van der Waals surface area contributed by atoms with Crippen LogP contribution in [-0.4, -0.2) is 22.9 Å². The highest BCUT2D eigenvalue weighted by Crippen LogP contribution is 2.43. The molecule has 1 fully saturated rings. The summed E-state index contributed by atoms with van der Waals surface area (Å²) in [6.45, 7) is 8.38. The summed E-state index contributed by atoms with van der Waals surface area (Å²) in [6, 6.07) is 2.64. The fourth-order valence-corrected chi connectivity index (χ4v) is 3.80.